The Morgan fingerprint density at radius 2 is 2.16 bits per heavy atom. The highest BCUT2D eigenvalue weighted by atomic mass is 15.3. The van der Waals surface area contributed by atoms with E-state index in [0.717, 1.165) is 38.3 Å². The molecule has 2 aromatic heterocycles. The molecule has 3 heterocycles. The van der Waals surface area contributed by atoms with E-state index in [9.17, 15) is 0 Å². The molecule has 5 nitrogen and oxygen atoms in total. The number of hydrogen-bond acceptors (Lipinski definition) is 3. The van der Waals surface area contributed by atoms with Gasteiger partial charge in [0.05, 0.1) is 24.1 Å². The van der Waals surface area contributed by atoms with Gasteiger partial charge in [0.1, 0.15) is 5.82 Å². The summed E-state index contributed by atoms with van der Waals surface area (Å²) < 4.78 is 4.36. The van der Waals surface area contributed by atoms with E-state index in [1.54, 1.807) is 0 Å². The lowest BCUT2D eigenvalue weighted by atomic mass is 10.1. The molecule has 2 aromatic rings. The van der Waals surface area contributed by atoms with Gasteiger partial charge in [-0.05, 0) is 12.8 Å². The minimum atomic E-state index is 0.864. The molecule has 19 heavy (non-hydrogen) atoms. The smallest absolute Gasteiger partial charge is 0.123 e. The van der Waals surface area contributed by atoms with Crippen molar-refractivity contribution in [1.82, 2.24) is 24.6 Å². The predicted octanol–water partition coefficient (Wildman–Crippen LogP) is 1.51. The van der Waals surface area contributed by atoms with Gasteiger partial charge in [-0.1, -0.05) is 13.8 Å². The Labute approximate surface area is 113 Å². The number of fused-ring (bicyclic) bond motifs is 1. The summed E-state index contributed by atoms with van der Waals surface area (Å²) in [7, 11) is 2.04. The molecule has 0 fully saturated rings. The van der Waals surface area contributed by atoms with Gasteiger partial charge in [0.25, 0.3) is 0 Å². The van der Waals surface area contributed by atoms with Crippen molar-refractivity contribution in [3.8, 4) is 11.3 Å². The second kappa shape index (κ2) is 4.81. The van der Waals surface area contributed by atoms with Gasteiger partial charge in [-0.25, -0.2) is 4.98 Å². The monoisotopic (exact) mass is 259 g/mol. The van der Waals surface area contributed by atoms with Crippen molar-refractivity contribution < 1.29 is 0 Å². The van der Waals surface area contributed by atoms with E-state index in [1.165, 1.54) is 22.6 Å². The van der Waals surface area contributed by atoms with E-state index >= 15 is 0 Å². The molecule has 0 atom stereocenters. The van der Waals surface area contributed by atoms with Crippen LogP contribution in [0.1, 0.15) is 31.1 Å². The summed E-state index contributed by atoms with van der Waals surface area (Å²) in [6, 6.07) is 0. The summed E-state index contributed by atoms with van der Waals surface area (Å²) in [5.41, 5.74) is 5.02. The summed E-state index contributed by atoms with van der Waals surface area (Å²) in [5.74, 6) is 1.13. The normalized spacial score (nSPS) is 14.7. The zero-order chi connectivity index (χ0) is 13.4. The van der Waals surface area contributed by atoms with Crippen molar-refractivity contribution in [3.05, 3.63) is 23.4 Å². The lowest BCUT2D eigenvalue weighted by Gasteiger charge is -2.18. The Kier molecular flexibility index (Phi) is 3.14. The van der Waals surface area contributed by atoms with Crippen molar-refractivity contribution in [2.24, 2.45) is 7.05 Å². The third-order valence-electron chi connectivity index (χ3n) is 3.90. The van der Waals surface area contributed by atoms with Crippen molar-refractivity contribution in [1.29, 1.82) is 0 Å². The zero-order valence-corrected chi connectivity index (χ0v) is 11.9. The quantitative estimate of drug-likeness (QED) is 0.909. The minimum Gasteiger partial charge on any atom is -0.326 e. The molecule has 0 aliphatic carbocycles. The average Bonchev–Trinajstić information content (AvgIpc) is 2.98. The molecule has 0 radical (unpaired) electrons. The standard InChI is InChI=1S/C14H21N5/c1-4-10-14(11(5-2)18(3)17-10)12-8-16-13-9-15-6-7-19(12)13/h8,15H,4-7,9H2,1-3H3. The Hall–Kier alpha value is -1.62. The molecular formula is C14H21N5. The topological polar surface area (TPSA) is 47.7 Å². The molecule has 1 aliphatic heterocycles. The number of hydrogen-bond donors (Lipinski definition) is 1. The fourth-order valence-electron chi connectivity index (χ4n) is 2.96. The molecule has 0 spiro atoms. The maximum absolute atomic E-state index is 4.66. The highest BCUT2D eigenvalue weighted by Crippen LogP contribution is 2.29. The van der Waals surface area contributed by atoms with Crippen molar-refractivity contribution in [3.63, 3.8) is 0 Å². The first-order valence-corrected chi connectivity index (χ1v) is 7.06. The molecule has 1 N–H and O–H groups in total. The predicted molar refractivity (Wildman–Crippen MR) is 74.9 cm³/mol. The van der Waals surface area contributed by atoms with Crippen LogP contribution in [0.15, 0.2) is 6.20 Å². The summed E-state index contributed by atoms with van der Waals surface area (Å²) >= 11 is 0. The van der Waals surface area contributed by atoms with E-state index in [2.05, 4.69) is 33.8 Å². The number of rotatable bonds is 3. The Morgan fingerprint density at radius 3 is 2.89 bits per heavy atom. The molecule has 5 heteroatoms. The summed E-state index contributed by atoms with van der Waals surface area (Å²) in [6.45, 7) is 7.23. The number of nitrogens with one attached hydrogen (secondary N) is 1. The third-order valence-corrected chi connectivity index (χ3v) is 3.90. The van der Waals surface area contributed by atoms with Crippen molar-refractivity contribution in [2.45, 2.75) is 39.8 Å². The average molecular weight is 259 g/mol. The highest BCUT2D eigenvalue weighted by Gasteiger charge is 2.21. The minimum absolute atomic E-state index is 0.864. The van der Waals surface area contributed by atoms with Crippen LogP contribution >= 0.6 is 0 Å². The van der Waals surface area contributed by atoms with E-state index in [0.29, 0.717) is 0 Å². The maximum Gasteiger partial charge on any atom is 0.123 e. The van der Waals surface area contributed by atoms with Crippen LogP contribution < -0.4 is 5.32 Å². The summed E-state index contributed by atoms with van der Waals surface area (Å²) in [4.78, 5) is 4.56. The largest absolute Gasteiger partial charge is 0.326 e. The first-order valence-electron chi connectivity index (χ1n) is 7.06. The van der Waals surface area contributed by atoms with E-state index in [1.807, 2.05) is 17.9 Å². The van der Waals surface area contributed by atoms with Crippen LogP contribution in [0.25, 0.3) is 11.3 Å². The lowest BCUT2D eigenvalue weighted by Crippen LogP contribution is -2.28. The van der Waals surface area contributed by atoms with Gasteiger partial charge in [0.2, 0.25) is 0 Å². The van der Waals surface area contributed by atoms with Crippen LogP contribution in [-0.4, -0.2) is 25.9 Å². The van der Waals surface area contributed by atoms with E-state index < -0.39 is 0 Å². The number of nitrogens with zero attached hydrogens (tertiary/aromatic N) is 4. The molecule has 102 valence electrons. The van der Waals surface area contributed by atoms with Gasteiger partial charge < -0.3 is 9.88 Å². The zero-order valence-electron chi connectivity index (χ0n) is 11.9. The SMILES string of the molecule is CCc1nn(C)c(CC)c1-c1cnc2n1CCNC2. The number of imidazole rings is 1. The molecule has 0 aromatic carbocycles. The summed E-state index contributed by atoms with van der Waals surface area (Å²) in [5, 5.41) is 8.03. The fourth-order valence-corrected chi connectivity index (χ4v) is 2.96. The van der Waals surface area contributed by atoms with Gasteiger partial charge in [-0.2, -0.15) is 5.10 Å². The van der Waals surface area contributed by atoms with Crippen LogP contribution in [-0.2, 0) is 33.0 Å². The molecule has 0 amide bonds. The van der Waals surface area contributed by atoms with Gasteiger partial charge in [-0.3, -0.25) is 4.68 Å². The number of aryl methyl sites for hydroxylation is 2. The van der Waals surface area contributed by atoms with Gasteiger partial charge in [0.15, 0.2) is 0 Å². The Balaban J connectivity index is 2.18. The van der Waals surface area contributed by atoms with Crippen LogP contribution in [0, 0.1) is 0 Å². The van der Waals surface area contributed by atoms with Crippen molar-refractivity contribution in [2.75, 3.05) is 6.54 Å². The molecule has 0 saturated heterocycles. The van der Waals surface area contributed by atoms with Crippen LogP contribution in [0.2, 0.25) is 0 Å². The second-order valence-electron chi connectivity index (χ2n) is 4.99. The second-order valence-corrected chi connectivity index (χ2v) is 4.99. The molecular weight excluding hydrogens is 238 g/mol. The highest BCUT2D eigenvalue weighted by molar-refractivity contribution is 5.66. The Morgan fingerprint density at radius 1 is 1.32 bits per heavy atom. The first-order chi connectivity index (χ1) is 9.26. The molecule has 0 bridgehead atoms. The molecule has 3 rings (SSSR count). The van der Waals surface area contributed by atoms with Gasteiger partial charge in [-0.15, -0.1) is 0 Å². The first kappa shape index (κ1) is 12.4. The van der Waals surface area contributed by atoms with Gasteiger partial charge in [0, 0.05) is 31.4 Å². The maximum atomic E-state index is 4.66. The van der Waals surface area contributed by atoms with Crippen LogP contribution in [0.4, 0.5) is 0 Å². The fraction of sp³-hybridized carbons (Fsp3) is 0.571. The summed E-state index contributed by atoms with van der Waals surface area (Å²) in [6.07, 6.45) is 3.97. The number of aromatic nitrogens is 4. The molecule has 0 unspecified atom stereocenters. The van der Waals surface area contributed by atoms with Gasteiger partial charge >= 0.3 is 0 Å². The van der Waals surface area contributed by atoms with Crippen molar-refractivity contribution >= 4 is 0 Å². The van der Waals surface area contributed by atoms with E-state index in [-0.39, 0.29) is 0 Å². The van der Waals surface area contributed by atoms with Crippen LogP contribution in [0.3, 0.4) is 0 Å². The lowest BCUT2D eigenvalue weighted by molar-refractivity contribution is 0.508. The third kappa shape index (κ3) is 1.89. The Bertz CT molecular complexity index is 593. The molecule has 0 saturated carbocycles. The molecule has 1 aliphatic rings. The van der Waals surface area contributed by atoms with E-state index in [4.69, 9.17) is 0 Å². The van der Waals surface area contributed by atoms with Crippen LogP contribution in [0.5, 0.6) is 0 Å².